The Labute approximate surface area is 148 Å². The van der Waals surface area contributed by atoms with Crippen molar-refractivity contribution in [3.63, 3.8) is 0 Å². The highest BCUT2D eigenvalue weighted by molar-refractivity contribution is 6.30. The van der Waals surface area contributed by atoms with Gasteiger partial charge in [-0.05, 0) is 48.8 Å². The molecule has 1 saturated carbocycles. The molecule has 0 spiro atoms. The van der Waals surface area contributed by atoms with Gasteiger partial charge in [0.05, 0.1) is 0 Å². The summed E-state index contributed by atoms with van der Waals surface area (Å²) in [5.74, 6) is -0.714. The Morgan fingerprint density at radius 2 is 2.08 bits per heavy atom. The first-order chi connectivity index (χ1) is 11.3. The molecule has 0 bridgehead atoms. The normalized spacial score (nSPS) is 25.3. The second-order valence-corrected chi connectivity index (χ2v) is 7.55. The summed E-state index contributed by atoms with van der Waals surface area (Å²) in [6.07, 6.45) is 3.27. The number of aldehydes is 1. The smallest absolute Gasteiger partial charge is 0.321 e. The van der Waals surface area contributed by atoms with Gasteiger partial charge in [0, 0.05) is 10.6 Å². The minimum absolute atomic E-state index is 0.133. The van der Waals surface area contributed by atoms with Crippen molar-refractivity contribution in [1.82, 2.24) is 0 Å². The average molecular weight is 353 g/mol. The molecule has 0 radical (unpaired) electrons. The first-order valence-electron chi connectivity index (χ1n) is 8.47. The summed E-state index contributed by atoms with van der Waals surface area (Å²) < 4.78 is 5.71. The van der Waals surface area contributed by atoms with Crippen molar-refractivity contribution in [3.05, 3.63) is 28.8 Å². The molecule has 2 rings (SSSR count). The van der Waals surface area contributed by atoms with Crippen LogP contribution >= 0.6 is 11.6 Å². The molecule has 5 heteroatoms. The maximum atomic E-state index is 12.6. The third-order valence-electron chi connectivity index (χ3n) is 4.94. The van der Waals surface area contributed by atoms with E-state index in [4.69, 9.17) is 16.3 Å². The van der Waals surface area contributed by atoms with Gasteiger partial charge in [-0.15, -0.1) is 0 Å². The molecule has 132 valence electrons. The molecule has 24 heavy (non-hydrogen) atoms. The average Bonchev–Trinajstić information content (AvgIpc) is 2.51. The zero-order valence-electron chi connectivity index (χ0n) is 14.4. The predicted octanol–water partition coefficient (Wildman–Crippen LogP) is 4.33. The molecule has 4 nitrogen and oxygen atoms in total. The highest BCUT2D eigenvalue weighted by Gasteiger charge is 2.35. The van der Waals surface area contributed by atoms with E-state index < -0.39 is 11.9 Å². The minimum Gasteiger partial charge on any atom is -0.508 e. The molecule has 0 heterocycles. The second kappa shape index (κ2) is 8.02. The minimum atomic E-state index is -1.16. The standard InChI is InChI=1S/C19H25ClO4/c1-11(2)14-6-4-12(3)8-18(14)24-19(23)16(10-21)15-9-13(20)5-7-17(15)22/h5,7,9-12,14,16,18,22H,4,6,8H2,1-3H3. The van der Waals surface area contributed by atoms with Crippen LogP contribution in [0.4, 0.5) is 0 Å². The van der Waals surface area contributed by atoms with Crippen LogP contribution in [0.3, 0.4) is 0 Å². The van der Waals surface area contributed by atoms with E-state index in [9.17, 15) is 14.7 Å². The van der Waals surface area contributed by atoms with Crippen molar-refractivity contribution in [1.29, 1.82) is 0 Å². The number of rotatable bonds is 5. The highest BCUT2D eigenvalue weighted by Crippen LogP contribution is 2.37. The monoisotopic (exact) mass is 352 g/mol. The number of esters is 1. The number of phenolic OH excluding ortho intramolecular Hbond substituents is 1. The SMILES string of the molecule is CC1CCC(C(C)C)C(OC(=O)C(C=O)c2cc(Cl)ccc2O)C1. The Morgan fingerprint density at radius 3 is 2.71 bits per heavy atom. The molecule has 4 unspecified atom stereocenters. The molecular weight excluding hydrogens is 328 g/mol. The maximum Gasteiger partial charge on any atom is 0.321 e. The maximum absolute atomic E-state index is 12.6. The van der Waals surface area contributed by atoms with E-state index in [1.54, 1.807) is 0 Å². The number of aromatic hydroxyl groups is 1. The molecular formula is C19H25ClO4. The van der Waals surface area contributed by atoms with Gasteiger partial charge in [0.2, 0.25) is 0 Å². The van der Waals surface area contributed by atoms with Gasteiger partial charge in [0.1, 0.15) is 24.1 Å². The first-order valence-corrected chi connectivity index (χ1v) is 8.85. The van der Waals surface area contributed by atoms with Crippen LogP contribution in [0.15, 0.2) is 18.2 Å². The van der Waals surface area contributed by atoms with Crippen LogP contribution in [0.5, 0.6) is 5.75 Å². The van der Waals surface area contributed by atoms with Crippen molar-refractivity contribution in [2.24, 2.45) is 17.8 Å². The van der Waals surface area contributed by atoms with Crippen molar-refractivity contribution >= 4 is 23.9 Å². The molecule has 1 aromatic carbocycles. The molecule has 0 aromatic heterocycles. The third kappa shape index (κ3) is 4.29. The fourth-order valence-corrected chi connectivity index (χ4v) is 3.68. The number of hydrogen-bond donors (Lipinski definition) is 1. The largest absolute Gasteiger partial charge is 0.508 e. The number of benzene rings is 1. The van der Waals surface area contributed by atoms with Crippen LogP contribution in [-0.4, -0.2) is 23.5 Å². The fourth-order valence-electron chi connectivity index (χ4n) is 3.50. The summed E-state index contributed by atoms with van der Waals surface area (Å²) in [5.41, 5.74) is 0.187. The lowest BCUT2D eigenvalue weighted by atomic mass is 9.75. The number of phenols is 1. The molecule has 0 aliphatic heterocycles. The number of carbonyl (C=O) groups is 2. The first kappa shape index (κ1) is 18.8. The van der Waals surface area contributed by atoms with E-state index in [2.05, 4.69) is 20.8 Å². The Kier molecular flexibility index (Phi) is 6.27. The van der Waals surface area contributed by atoms with Gasteiger partial charge >= 0.3 is 5.97 Å². The van der Waals surface area contributed by atoms with Gasteiger partial charge < -0.3 is 14.6 Å². The molecule has 0 saturated heterocycles. The van der Waals surface area contributed by atoms with Gasteiger partial charge in [-0.25, -0.2) is 0 Å². The summed E-state index contributed by atoms with van der Waals surface area (Å²) >= 11 is 5.92. The Bertz CT molecular complexity index is 599. The van der Waals surface area contributed by atoms with Gasteiger partial charge in [0.15, 0.2) is 0 Å². The van der Waals surface area contributed by atoms with Crippen LogP contribution in [-0.2, 0) is 14.3 Å². The molecule has 1 aromatic rings. The van der Waals surface area contributed by atoms with E-state index in [0.717, 1.165) is 19.3 Å². The van der Waals surface area contributed by atoms with Gasteiger partial charge in [0.25, 0.3) is 0 Å². The van der Waals surface area contributed by atoms with Crippen molar-refractivity contribution < 1.29 is 19.4 Å². The Balaban J connectivity index is 2.19. The molecule has 0 amide bonds. The van der Waals surface area contributed by atoms with Crippen LogP contribution in [0, 0.1) is 17.8 Å². The summed E-state index contributed by atoms with van der Waals surface area (Å²) in [6.45, 7) is 6.40. The molecule has 1 aliphatic carbocycles. The lowest BCUT2D eigenvalue weighted by Crippen LogP contribution is -2.37. The van der Waals surface area contributed by atoms with Crippen LogP contribution in [0.25, 0.3) is 0 Å². The Hall–Kier alpha value is -1.55. The van der Waals surface area contributed by atoms with Crippen molar-refractivity contribution in [2.45, 2.75) is 52.1 Å². The number of halogens is 1. The van der Waals surface area contributed by atoms with E-state index in [-0.39, 0.29) is 17.4 Å². The fraction of sp³-hybridized carbons (Fsp3) is 0.579. The molecule has 1 fully saturated rings. The summed E-state index contributed by atoms with van der Waals surface area (Å²) in [5, 5.41) is 10.3. The van der Waals surface area contributed by atoms with Crippen LogP contribution in [0.1, 0.15) is 51.5 Å². The lowest BCUT2D eigenvalue weighted by Gasteiger charge is -2.37. The predicted molar refractivity (Wildman–Crippen MR) is 93.1 cm³/mol. The van der Waals surface area contributed by atoms with Gasteiger partial charge in [-0.1, -0.05) is 38.8 Å². The topological polar surface area (TPSA) is 63.6 Å². The van der Waals surface area contributed by atoms with Crippen molar-refractivity contribution in [2.75, 3.05) is 0 Å². The van der Waals surface area contributed by atoms with Crippen LogP contribution in [0.2, 0.25) is 5.02 Å². The second-order valence-electron chi connectivity index (χ2n) is 7.12. The van der Waals surface area contributed by atoms with E-state index in [0.29, 0.717) is 29.1 Å². The zero-order chi connectivity index (χ0) is 17.9. The highest BCUT2D eigenvalue weighted by atomic mass is 35.5. The summed E-state index contributed by atoms with van der Waals surface area (Å²) in [4.78, 5) is 24.1. The zero-order valence-corrected chi connectivity index (χ0v) is 15.1. The molecule has 4 atom stereocenters. The number of hydrogen-bond acceptors (Lipinski definition) is 4. The van der Waals surface area contributed by atoms with E-state index >= 15 is 0 Å². The number of ether oxygens (including phenoxy) is 1. The van der Waals surface area contributed by atoms with E-state index in [1.165, 1.54) is 18.2 Å². The quantitative estimate of drug-likeness (QED) is 0.486. The number of carbonyl (C=O) groups excluding carboxylic acids is 2. The third-order valence-corrected chi connectivity index (χ3v) is 5.18. The molecule has 1 aliphatic rings. The summed E-state index contributed by atoms with van der Waals surface area (Å²) in [6, 6.07) is 4.31. The summed E-state index contributed by atoms with van der Waals surface area (Å²) in [7, 11) is 0. The lowest BCUT2D eigenvalue weighted by molar-refractivity contribution is -0.158. The van der Waals surface area contributed by atoms with E-state index in [1.807, 2.05) is 0 Å². The van der Waals surface area contributed by atoms with Gasteiger partial charge in [-0.3, -0.25) is 4.79 Å². The van der Waals surface area contributed by atoms with Crippen molar-refractivity contribution in [3.8, 4) is 5.75 Å². The van der Waals surface area contributed by atoms with Crippen LogP contribution < -0.4 is 0 Å². The Morgan fingerprint density at radius 1 is 1.38 bits per heavy atom. The molecule has 1 N–H and O–H groups in total. The van der Waals surface area contributed by atoms with Gasteiger partial charge in [-0.2, -0.15) is 0 Å².